The number of carbonyl (C=O) groups excluding carboxylic acids is 1. The van der Waals surface area contributed by atoms with Gasteiger partial charge in [0.15, 0.2) is 0 Å². The van der Waals surface area contributed by atoms with E-state index < -0.39 is 5.91 Å². The molecule has 21 heavy (non-hydrogen) atoms. The monoisotopic (exact) mass is 282 g/mol. The third-order valence-corrected chi connectivity index (χ3v) is 3.91. The number of primary amides is 1. The van der Waals surface area contributed by atoms with Crippen LogP contribution in [0.4, 0.5) is 5.82 Å². The predicted molar refractivity (Wildman–Crippen MR) is 80.9 cm³/mol. The highest BCUT2D eigenvalue weighted by atomic mass is 16.1. The van der Waals surface area contributed by atoms with Gasteiger partial charge >= 0.3 is 0 Å². The van der Waals surface area contributed by atoms with Gasteiger partial charge in [-0.05, 0) is 30.2 Å². The van der Waals surface area contributed by atoms with Gasteiger partial charge in [0.25, 0.3) is 5.91 Å². The lowest BCUT2D eigenvalue weighted by molar-refractivity contribution is 0.0995. The van der Waals surface area contributed by atoms with Crippen molar-refractivity contribution in [3.63, 3.8) is 0 Å². The Hall–Kier alpha value is -2.43. The van der Waals surface area contributed by atoms with Crippen molar-refractivity contribution in [1.29, 1.82) is 0 Å². The Labute approximate surface area is 123 Å². The van der Waals surface area contributed by atoms with Crippen molar-refractivity contribution in [2.24, 2.45) is 11.1 Å². The van der Waals surface area contributed by atoms with E-state index in [1.165, 1.54) is 24.6 Å². The van der Waals surface area contributed by atoms with Gasteiger partial charge in [0, 0.05) is 6.54 Å². The molecular formula is C16H18N4O. The Kier molecular flexibility index (Phi) is 3.56. The quantitative estimate of drug-likeness (QED) is 0.849. The number of benzene rings is 1. The van der Waals surface area contributed by atoms with Crippen LogP contribution in [0.3, 0.4) is 0 Å². The van der Waals surface area contributed by atoms with Crippen molar-refractivity contribution in [2.75, 3.05) is 11.9 Å². The molecule has 0 bridgehead atoms. The summed E-state index contributed by atoms with van der Waals surface area (Å²) in [5, 5.41) is 3.28. The highest BCUT2D eigenvalue weighted by molar-refractivity contribution is 5.90. The second-order valence-corrected chi connectivity index (χ2v) is 5.67. The van der Waals surface area contributed by atoms with Gasteiger partial charge in [0.2, 0.25) is 0 Å². The number of nitrogens with zero attached hydrogens (tertiary/aromatic N) is 2. The molecular weight excluding hydrogens is 264 g/mol. The van der Waals surface area contributed by atoms with Gasteiger partial charge in [-0.2, -0.15) is 0 Å². The fourth-order valence-electron chi connectivity index (χ4n) is 2.47. The predicted octanol–water partition coefficient (Wildman–Crippen LogP) is 2.01. The number of anilines is 1. The molecule has 5 heteroatoms. The minimum atomic E-state index is -0.559. The summed E-state index contributed by atoms with van der Waals surface area (Å²) in [6.07, 6.45) is 6.47. The third kappa shape index (κ3) is 3.37. The summed E-state index contributed by atoms with van der Waals surface area (Å²) in [5.74, 6) is 0.0437. The zero-order chi connectivity index (χ0) is 14.7. The first-order valence-electron chi connectivity index (χ1n) is 7.07. The standard InChI is InChI=1S/C16H18N4O/c17-15(21)13-9-18-10-14(20-13)19-11-16(6-7-16)8-12-4-2-1-3-5-12/h1-5,9-10H,6-8,11H2,(H2,17,21)(H,19,20). The van der Waals surface area contributed by atoms with Crippen LogP contribution < -0.4 is 11.1 Å². The average molecular weight is 282 g/mol. The third-order valence-electron chi connectivity index (χ3n) is 3.91. The van der Waals surface area contributed by atoms with Crippen molar-refractivity contribution < 1.29 is 4.79 Å². The molecule has 1 aliphatic rings. The summed E-state index contributed by atoms with van der Waals surface area (Å²) in [4.78, 5) is 19.2. The summed E-state index contributed by atoms with van der Waals surface area (Å²) < 4.78 is 0. The van der Waals surface area contributed by atoms with Crippen molar-refractivity contribution in [3.05, 3.63) is 54.0 Å². The zero-order valence-corrected chi connectivity index (χ0v) is 11.7. The topological polar surface area (TPSA) is 80.9 Å². The summed E-state index contributed by atoms with van der Waals surface area (Å²) in [5.41, 5.74) is 7.05. The molecule has 0 unspecified atom stereocenters. The van der Waals surface area contributed by atoms with E-state index in [0.29, 0.717) is 11.2 Å². The smallest absolute Gasteiger partial charge is 0.268 e. The van der Waals surface area contributed by atoms with E-state index in [4.69, 9.17) is 5.73 Å². The molecule has 2 aromatic rings. The van der Waals surface area contributed by atoms with E-state index in [1.807, 2.05) is 6.07 Å². The molecule has 108 valence electrons. The van der Waals surface area contributed by atoms with Crippen LogP contribution in [0.25, 0.3) is 0 Å². The molecule has 0 atom stereocenters. The van der Waals surface area contributed by atoms with E-state index in [2.05, 4.69) is 39.6 Å². The lowest BCUT2D eigenvalue weighted by atomic mass is 9.96. The number of hydrogen-bond donors (Lipinski definition) is 2. The first-order valence-corrected chi connectivity index (χ1v) is 7.07. The number of amides is 1. The van der Waals surface area contributed by atoms with E-state index in [-0.39, 0.29) is 5.69 Å². The second-order valence-electron chi connectivity index (χ2n) is 5.67. The van der Waals surface area contributed by atoms with E-state index in [0.717, 1.165) is 13.0 Å². The Bertz CT molecular complexity index is 638. The highest BCUT2D eigenvalue weighted by Gasteiger charge is 2.42. The van der Waals surface area contributed by atoms with Crippen LogP contribution in [0.5, 0.6) is 0 Å². The molecule has 1 amide bonds. The van der Waals surface area contributed by atoms with E-state index in [9.17, 15) is 4.79 Å². The molecule has 1 heterocycles. The fourth-order valence-corrected chi connectivity index (χ4v) is 2.47. The maximum absolute atomic E-state index is 11.1. The van der Waals surface area contributed by atoms with Crippen molar-refractivity contribution in [2.45, 2.75) is 19.3 Å². The van der Waals surface area contributed by atoms with Gasteiger partial charge in [0.05, 0.1) is 12.4 Å². The van der Waals surface area contributed by atoms with Crippen LogP contribution in [-0.2, 0) is 6.42 Å². The van der Waals surface area contributed by atoms with Gasteiger partial charge in [-0.15, -0.1) is 0 Å². The number of nitrogens with one attached hydrogen (secondary N) is 1. The number of rotatable bonds is 6. The van der Waals surface area contributed by atoms with Gasteiger partial charge < -0.3 is 11.1 Å². The maximum Gasteiger partial charge on any atom is 0.268 e. The summed E-state index contributed by atoms with van der Waals surface area (Å²) in [6.45, 7) is 0.832. The molecule has 0 spiro atoms. The second kappa shape index (κ2) is 5.52. The molecule has 0 saturated heterocycles. The van der Waals surface area contributed by atoms with Crippen molar-refractivity contribution in [1.82, 2.24) is 9.97 Å². The maximum atomic E-state index is 11.1. The summed E-state index contributed by atoms with van der Waals surface area (Å²) >= 11 is 0. The molecule has 0 aliphatic heterocycles. The normalized spacial score (nSPS) is 15.4. The molecule has 5 nitrogen and oxygen atoms in total. The van der Waals surface area contributed by atoms with Crippen molar-refractivity contribution >= 4 is 11.7 Å². The van der Waals surface area contributed by atoms with Crippen LogP contribution >= 0.6 is 0 Å². The first kappa shape index (κ1) is 13.5. The molecule has 1 aromatic heterocycles. The Morgan fingerprint density at radius 1 is 1.24 bits per heavy atom. The average Bonchev–Trinajstić information content (AvgIpc) is 3.26. The van der Waals surface area contributed by atoms with Crippen LogP contribution in [0, 0.1) is 5.41 Å². The van der Waals surface area contributed by atoms with Gasteiger partial charge in [-0.3, -0.25) is 9.78 Å². The molecule has 1 aromatic carbocycles. The molecule has 1 aliphatic carbocycles. The number of aromatic nitrogens is 2. The number of nitrogens with two attached hydrogens (primary N) is 1. The Morgan fingerprint density at radius 2 is 2.00 bits per heavy atom. The lowest BCUT2D eigenvalue weighted by Gasteiger charge is -2.16. The highest BCUT2D eigenvalue weighted by Crippen LogP contribution is 2.48. The van der Waals surface area contributed by atoms with Gasteiger partial charge in [-0.1, -0.05) is 30.3 Å². The first-order chi connectivity index (χ1) is 10.2. The van der Waals surface area contributed by atoms with Crippen molar-refractivity contribution in [3.8, 4) is 0 Å². The van der Waals surface area contributed by atoms with E-state index >= 15 is 0 Å². The minimum Gasteiger partial charge on any atom is -0.368 e. The Balaban J connectivity index is 1.62. The van der Waals surface area contributed by atoms with Crippen LogP contribution in [0.15, 0.2) is 42.7 Å². The molecule has 0 radical (unpaired) electrons. The summed E-state index contributed by atoms with van der Waals surface area (Å²) in [6, 6.07) is 10.5. The van der Waals surface area contributed by atoms with Gasteiger partial charge in [-0.25, -0.2) is 4.98 Å². The fraction of sp³-hybridized carbons (Fsp3) is 0.312. The lowest BCUT2D eigenvalue weighted by Crippen LogP contribution is -2.20. The Morgan fingerprint density at radius 3 is 2.67 bits per heavy atom. The minimum absolute atomic E-state index is 0.188. The molecule has 3 rings (SSSR count). The SMILES string of the molecule is NC(=O)c1cncc(NCC2(Cc3ccccc3)CC2)n1. The number of carbonyl (C=O) groups is 1. The van der Waals surface area contributed by atoms with Crippen LogP contribution in [0.1, 0.15) is 28.9 Å². The van der Waals surface area contributed by atoms with Gasteiger partial charge in [0.1, 0.15) is 11.5 Å². The zero-order valence-electron chi connectivity index (χ0n) is 11.7. The van der Waals surface area contributed by atoms with E-state index in [1.54, 1.807) is 6.20 Å². The molecule has 3 N–H and O–H groups in total. The largest absolute Gasteiger partial charge is 0.368 e. The number of hydrogen-bond acceptors (Lipinski definition) is 4. The van der Waals surface area contributed by atoms with Crippen LogP contribution in [0.2, 0.25) is 0 Å². The molecule has 1 saturated carbocycles. The summed E-state index contributed by atoms with van der Waals surface area (Å²) in [7, 11) is 0. The van der Waals surface area contributed by atoms with Crippen LogP contribution in [-0.4, -0.2) is 22.4 Å². The molecule has 1 fully saturated rings.